The maximum absolute atomic E-state index is 14.8. The summed E-state index contributed by atoms with van der Waals surface area (Å²) in [7, 11) is -2.80. The van der Waals surface area contributed by atoms with Gasteiger partial charge >= 0.3 is 0 Å². The highest BCUT2D eigenvalue weighted by molar-refractivity contribution is 14.1. The van der Waals surface area contributed by atoms with Crippen LogP contribution in [0.1, 0.15) is 30.4 Å². The Morgan fingerprint density at radius 2 is 2.00 bits per heavy atom. The Bertz CT molecular complexity index is 1130. The molecule has 1 aromatic heterocycles. The third kappa shape index (κ3) is 4.53. The van der Waals surface area contributed by atoms with Crippen LogP contribution in [0.15, 0.2) is 29.2 Å². The van der Waals surface area contributed by atoms with E-state index in [4.69, 9.17) is 5.11 Å². The number of hydrogen-bond acceptors (Lipinski definition) is 5. The van der Waals surface area contributed by atoms with E-state index in [9.17, 15) is 27.1 Å². The quantitative estimate of drug-likeness (QED) is 0.432. The number of pyridine rings is 1. The first-order valence-corrected chi connectivity index (χ1v) is 11.7. The molecule has 0 saturated heterocycles. The smallest absolute Gasteiger partial charge is 0.286 e. The van der Waals surface area contributed by atoms with Crippen LogP contribution in [0.5, 0.6) is 0 Å². The molecular weight excluding hydrogens is 533 g/mol. The maximum Gasteiger partial charge on any atom is 0.286 e. The summed E-state index contributed by atoms with van der Waals surface area (Å²) in [4.78, 5) is 12.1. The van der Waals surface area contributed by atoms with Gasteiger partial charge in [0, 0.05) is 28.8 Å². The second-order valence-corrected chi connectivity index (χ2v) is 10.8. The van der Waals surface area contributed by atoms with Crippen LogP contribution < -0.4 is 10.3 Å². The van der Waals surface area contributed by atoms with Gasteiger partial charge in [0.1, 0.15) is 5.82 Å². The number of anilines is 1. The molecule has 3 rings (SSSR count). The number of halogens is 3. The zero-order valence-corrected chi connectivity index (χ0v) is 19.0. The monoisotopic (exact) mass is 554 g/mol. The largest absolute Gasteiger partial charge is 0.394 e. The van der Waals surface area contributed by atoms with E-state index in [1.165, 1.54) is 19.2 Å². The van der Waals surface area contributed by atoms with E-state index >= 15 is 0 Å². The summed E-state index contributed by atoms with van der Waals surface area (Å²) in [5.74, 6) is -1.77. The zero-order chi connectivity index (χ0) is 22.3. The summed E-state index contributed by atoms with van der Waals surface area (Å²) >= 11 is 1.92. The summed E-state index contributed by atoms with van der Waals surface area (Å²) in [6.07, 6.45) is -0.00491. The molecule has 1 saturated carbocycles. The van der Waals surface area contributed by atoms with Gasteiger partial charge in [-0.15, -0.1) is 0 Å². The van der Waals surface area contributed by atoms with Crippen molar-refractivity contribution < 1.29 is 27.4 Å². The van der Waals surface area contributed by atoms with Crippen molar-refractivity contribution in [2.24, 2.45) is 7.05 Å². The molecule has 1 aromatic carbocycles. The molecule has 1 unspecified atom stereocenters. The molecule has 1 heterocycles. The fourth-order valence-corrected chi connectivity index (χ4v) is 5.50. The first-order chi connectivity index (χ1) is 14.0. The molecule has 3 N–H and O–H groups in total. The summed E-state index contributed by atoms with van der Waals surface area (Å²) in [5, 5.41) is 18.7. The number of sulfonamides is 1. The summed E-state index contributed by atoms with van der Waals surface area (Å²) in [6.45, 7) is -0.580. The molecule has 0 radical (unpaired) electrons. The normalized spacial score (nSPS) is 16.3. The summed E-state index contributed by atoms with van der Waals surface area (Å²) in [5.41, 5.74) is -1.28. The molecule has 0 amide bonds. The second-order valence-electron chi connectivity index (χ2n) is 7.49. The van der Waals surface area contributed by atoms with Crippen LogP contribution in [-0.2, 0) is 23.5 Å². The van der Waals surface area contributed by atoms with Crippen LogP contribution in [0.2, 0.25) is 0 Å². The SMILES string of the molecule is Cn1cc(NS(=O)(=O)C2(CC(O)CO)CC2)c(Cc2ccc(I)cc2F)c(F)c1=O. The van der Waals surface area contributed by atoms with Crippen LogP contribution >= 0.6 is 22.6 Å². The van der Waals surface area contributed by atoms with Crippen LogP contribution in [-0.4, -0.2) is 40.7 Å². The van der Waals surface area contributed by atoms with Gasteiger partial charge in [-0.3, -0.25) is 9.52 Å². The Balaban J connectivity index is 2.01. The molecule has 0 bridgehead atoms. The third-order valence-corrected chi connectivity index (χ3v) is 8.12. The zero-order valence-electron chi connectivity index (χ0n) is 16.0. The Hall–Kier alpha value is -1.57. The van der Waals surface area contributed by atoms with Gasteiger partial charge in [-0.1, -0.05) is 6.07 Å². The lowest BCUT2D eigenvalue weighted by Gasteiger charge is -2.22. The second kappa shape index (κ2) is 8.52. The fourth-order valence-electron chi connectivity index (χ4n) is 3.32. The Morgan fingerprint density at radius 1 is 1.33 bits per heavy atom. The van der Waals surface area contributed by atoms with E-state index in [-0.39, 0.29) is 42.5 Å². The van der Waals surface area contributed by atoms with Crippen molar-refractivity contribution in [3.05, 3.63) is 61.1 Å². The molecule has 11 heteroatoms. The van der Waals surface area contributed by atoms with Gasteiger partial charge in [0.2, 0.25) is 10.0 Å². The predicted molar refractivity (Wildman–Crippen MR) is 116 cm³/mol. The van der Waals surface area contributed by atoms with Gasteiger partial charge < -0.3 is 14.8 Å². The number of aliphatic hydroxyl groups excluding tert-OH is 2. The van der Waals surface area contributed by atoms with Gasteiger partial charge in [-0.2, -0.15) is 0 Å². The van der Waals surface area contributed by atoms with Crippen molar-refractivity contribution >= 4 is 38.3 Å². The molecule has 2 aromatic rings. The third-order valence-electron chi connectivity index (χ3n) is 5.24. The highest BCUT2D eigenvalue weighted by Gasteiger charge is 2.55. The molecule has 0 spiro atoms. The Morgan fingerprint density at radius 3 is 2.57 bits per heavy atom. The number of nitrogens with zero attached hydrogens (tertiary/aromatic N) is 1. The summed E-state index contributed by atoms with van der Waals surface area (Å²) < 4.78 is 57.6. The number of nitrogens with one attached hydrogen (secondary N) is 1. The van der Waals surface area contributed by atoms with Crippen molar-refractivity contribution in [1.82, 2.24) is 4.57 Å². The lowest BCUT2D eigenvalue weighted by Crippen LogP contribution is -2.35. The van der Waals surface area contributed by atoms with E-state index in [1.54, 1.807) is 6.07 Å². The molecule has 1 aliphatic carbocycles. The number of hydrogen-bond donors (Lipinski definition) is 3. The van der Waals surface area contributed by atoms with Crippen LogP contribution in [0.3, 0.4) is 0 Å². The minimum Gasteiger partial charge on any atom is -0.394 e. The van der Waals surface area contributed by atoms with E-state index in [0.717, 1.165) is 10.8 Å². The maximum atomic E-state index is 14.8. The van der Waals surface area contributed by atoms with E-state index < -0.39 is 44.7 Å². The minimum atomic E-state index is -4.08. The number of aromatic nitrogens is 1. The molecule has 1 atom stereocenters. The standard InChI is InChI=1S/C19H21F2IN2O5S/c1-24-9-16(23-30(28,29)19(4-5-19)8-13(26)10-25)14(17(21)18(24)27)6-11-2-3-12(22)7-15(11)20/h2-3,7,9,13,23,25-26H,4-6,8,10H2,1H3. The first kappa shape index (κ1) is 23.1. The van der Waals surface area contributed by atoms with Gasteiger partial charge in [0.25, 0.3) is 5.56 Å². The van der Waals surface area contributed by atoms with Crippen LogP contribution in [0.25, 0.3) is 0 Å². The lowest BCUT2D eigenvalue weighted by molar-refractivity contribution is 0.0858. The van der Waals surface area contributed by atoms with Gasteiger partial charge in [-0.05, 0) is 59.5 Å². The first-order valence-electron chi connectivity index (χ1n) is 9.13. The van der Waals surface area contributed by atoms with Crippen LogP contribution in [0, 0.1) is 15.2 Å². The van der Waals surface area contributed by atoms with E-state index in [2.05, 4.69) is 4.72 Å². The van der Waals surface area contributed by atoms with Gasteiger partial charge in [0.05, 0.1) is 23.1 Å². The lowest BCUT2D eigenvalue weighted by atomic mass is 10.0. The average Bonchev–Trinajstić information content (AvgIpc) is 3.45. The highest BCUT2D eigenvalue weighted by atomic mass is 127. The van der Waals surface area contributed by atoms with E-state index in [0.29, 0.717) is 3.57 Å². The fraction of sp³-hybridized carbons (Fsp3) is 0.421. The van der Waals surface area contributed by atoms with Crippen molar-refractivity contribution in [3.63, 3.8) is 0 Å². The molecule has 1 aliphatic rings. The van der Waals surface area contributed by atoms with Crippen molar-refractivity contribution in [2.75, 3.05) is 11.3 Å². The number of aliphatic hydroxyl groups is 2. The number of benzene rings is 1. The van der Waals surface area contributed by atoms with Crippen molar-refractivity contribution in [1.29, 1.82) is 0 Å². The number of aryl methyl sites for hydroxylation is 1. The molecule has 30 heavy (non-hydrogen) atoms. The Kier molecular flexibility index (Phi) is 6.56. The van der Waals surface area contributed by atoms with Crippen LogP contribution in [0.4, 0.5) is 14.5 Å². The topological polar surface area (TPSA) is 109 Å². The number of rotatable bonds is 8. The predicted octanol–water partition coefficient (Wildman–Crippen LogP) is 1.88. The van der Waals surface area contributed by atoms with Gasteiger partial charge in [-0.25, -0.2) is 17.2 Å². The van der Waals surface area contributed by atoms with E-state index in [1.807, 2.05) is 22.6 Å². The van der Waals surface area contributed by atoms with Gasteiger partial charge in [0.15, 0.2) is 5.82 Å². The molecule has 164 valence electrons. The Labute approximate surface area is 185 Å². The molecule has 0 aliphatic heterocycles. The van der Waals surface area contributed by atoms with Crippen molar-refractivity contribution in [3.8, 4) is 0 Å². The van der Waals surface area contributed by atoms with Crippen molar-refractivity contribution in [2.45, 2.75) is 36.5 Å². The average molecular weight is 554 g/mol. The highest BCUT2D eigenvalue weighted by Crippen LogP contribution is 2.48. The molecule has 1 fully saturated rings. The minimum absolute atomic E-state index is 0.111. The summed E-state index contributed by atoms with van der Waals surface area (Å²) in [6, 6.07) is 4.33. The molecule has 7 nitrogen and oxygen atoms in total. The molecular formula is C19H21F2IN2O5S.